The Balaban J connectivity index is 1.76. The lowest BCUT2D eigenvalue weighted by Gasteiger charge is -2.14. The highest BCUT2D eigenvalue weighted by Gasteiger charge is 2.20. The van der Waals surface area contributed by atoms with Gasteiger partial charge in [-0.25, -0.2) is 0 Å². The van der Waals surface area contributed by atoms with Crippen LogP contribution in [0.15, 0.2) is 18.2 Å². The summed E-state index contributed by atoms with van der Waals surface area (Å²) in [6, 6.07) is 6.00. The topological polar surface area (TPSA) is 47.3 Å². The van der Waals surface area contributed by atoms with Gasteiger partial charge in [0.25, 0.3) is 0 Å². The molecule has 1 saturated carbocycles. The summed E-state index contributed by atoms with van der Waals surface area (Å²) in [4.78, 5) is 0.441. The normalized spacial score (nSPS) is 14.4. The third-order valence-electron chi connectivity index (χ3n) is 3.36. The van der Waals surface area contributed by atoms with Gasteiger partial charge in [-0.1, -0.05) is 24.4 Å². The standard InChI is InChI=1S/C15H22N2OS/c1-11-4-2-5-13(15(16)19)14(11)17-8-3-9-18-10-12-6-7-12/h2,4-5,12,17H,3,6-10H2,1H3,(H2,16,19). The molecular formula is C15H22N2OS. The van der Waals surface area contributed by atoms with E-state index in [-0.39, 0.29) is 0 Å². The fourth-order valence-electron chi connectivity index (χ4n) is 2.03. The summed E-state index contributed by atoms with van der Waals surface area (Å²) in [6.07, 6.45) is 3.69. The number of anilines is 1. The van der Waals surface area contributed by atoms with Crippen LogP contribution in [0.1, 0.15) is 30.4 Å². The molecule has 0 amide bonds. The average Bonchev–Trinajstić information content (AvgIpc) is 3.18. The van der Waals surface area contributed by atoms with E-state index in [1.165, 1.54) is 18.4 Å². The largest absolute Gasteiger partial charge is 0.389 e. The fourth-order valence-corrected chi connectivity index (χ4v) is 2.20. The molecule has 0 bridgehead atoms. The monoisotopic (exact) mass is 278 g/mol. The third-order valence-corrected chi connectivity index (χ3v) is 3.58. The van der Waals surface area contributed by atoms with E-state index in [1.807, 2.05) is 12.1 Å². The molecule has 1 aliphatic rings. The summed E-state index contributed by atoms with van der Waals surface area (Å²) in [5, 5.41) is 3.42. The fraction of sp³-hybridized carbons (Fsp3) is 0.533. The van der Waals surface area contributed by atoms with Crippen molar-refractivity contribution in [3.63, 3.8) is 0 Å². The maximum Gasteiger partial charge on any atom is 0.106 e. The number of hydrogen-bond donors (Lipinski definition) is 2. The summed E-state index contributed by atoms with van der Waals surface area (Å²) >= 11 is 5.08. The average molecular weight is 278 g/mol. The number of nitrogens with one attached hydrogen (secondary N) is 1. The van der Waals surface area contributed by atoms with Gasteiger partial charge in [0, 0.05) is 31.0 Å². The maximum absolute atomic E-state index is 5.74. The van der Waals surface area contributed by atoms with Crippen LogP contribution in [0.5, 0.6) is 0 Å². The zero-order valence-corrected chi connectivity index (χ0v) is 12.3. The SMILES string of the molecule is Cc1cccc(C(N)=S)c1NCCCOCC1CC1. The first-order valence-corrected chi connectivity index (χ1v) is 7.30. The van der Waals surface area contributed by atoms with E-state index in [0.29, 0.717) is 4.99 Å². The van der Waals surface area contributed by atoms with Gasteiger partial charge in [0.05, 0.1) is 0 Å². The molecule has 3 N–H and O–H groups in total. The van der Waals surface area contributed by atoms with Gasteiger partial charge < -0.3 is 15.8 Å². The highest BCUT2D eigenvalue weighted by atomic mass is 32.1. The van der Waals surface area contributed by atoms with Crippen molar-refractivity contribution in [2.45, 2.75) is 26.2 Å². The number of aryl methyl sites for hydroxylation is 1. The minimum absolute atomic E-state index is 0.441. The number of nitrogens with two attached hydrogens (primary N) is 1. The highest BCUT2D eigenvalue weighted by Crippen LogP contribution is 2.28. The van der Waals surface area contributed by atoms with Gasteiger partial charge in [0.15, 0.2) is 0 Å². The van der Waals surface area contributed by atoms with Crippen molar-refractivity contribution in [1.29, 1.82) is 0 Å². The van der Waals surface area contributed by atoms with E-state index in [2.05, 4.69) is 18.3 Å². The smallest absolute Gasteiger partial charge is 0.106 e. The van der Waals surface area contributed by atoms with Crippen molar-refractivity contribution < 1.29 is 4.74 Å². The lowest BCUT2D eigenvalue weighted by atomic mass is 10.1. The number of rotatable bonds is 8. The molecular weight excluding hydrogens is 256 g/mol. The predicted octanol–water partition coefficient (Wildman–Crippen LogP) is 2.86. The summed E-state index contributed by atoms with van der Waals surface area (Å²) < 4.78 is 5.61. The van der Waals surface area contributed by atoms with Gasteiger partial charge in [-0.05, 0) is 43.7 Å². The van der Waals surface area contributed by atoms with Crippen LogP contribution < -0.4 is 11.1 Å². The van der Waals surface area contributed by atoms with Crippen LogP contribution in [0.25, 0.3) is 0 Å². The Morgan fingerprint density at radius 3 is 2.95 bits per heavy atom. The summed E-state index contributed by atoms with van der Waals surface area (Å²) in [6.45, 7) is 4.69. The van der Waals surface area contributed by atoms with E-state index in [1.54, 1.807) is 0 Å². The molecule has 0 unspecified atom stereocenters. The molecule has 4 heteroatoms. The van der Waals surface area contributed by atoms with Gasteiger partial charge in [-0.2, -0.15) is 0 Å². The van der Waals surface area contributed by atoms with E-state index in [4.69, 9.17) is 22.7 Å². The molecule has 0 saturated heterocycles. The van der Waals surface area contributed by atoms with Crippen LogP contribution in [-0.2, 0) is 4.74 Å². The first-order valence-electron chi connectivity index (χ1n) is 6.89. The minimum Gasteiger partial charge on any atom is -0.389 e. The first-order chi connectivity index (χ1) is 9.18. The lowest BCUT2D eigenvalue weighted by Crippen LogP contribution is -2.15. The Kier molecular flexibility index (Phi) is 5.16. The number of para-hydroxylation sites is 1. The molecule has 0 aromatic heterocycles. The zero-order valence-electron chi connectivity index (χ0n) is 11.4. The molecule has 1 aliphatic carbocycles. The van der Waals surface area contributed by atoms with E-state index >= 15 is 0 Å². The summed E-state index contributed by atoms with van der Waals surface area (Å²) in [7, 11) is 0. The van der Waals surface area contributed by atoms with Crippen LogP contribution in [0.3, 0.4) is 0 Å². The van der Waals surface area contributed by atoms with Crippen molar-refractivity contribution in [2.24, 2.45) is 11.7 Å². The van der Waals surface area contributed by atoms with Crippen molar-refractivity contribution >= 4 is 22.9 Å². The molecule has 3 nitrogen and oxygen atoms in total. The molecule has 0 aliphatic heterocycles. The van der Waals surface area contributed by atoms with Crippen LogP contribution >= 0.6 is 12.2 Å². The number of thiocarbonyl (C=S) groups is 1. The van der Waals surface area contributed by atoms with E-state index in [9.17, 15) is 0 Å². The number of hydrogen-bond acceptors (Lipinski definition) is 3. The number of ether oxygens (including phenoxy) is 1. The third kappa shape index (κ3) is 4.48. The minimum atomic E-state index is 0.441. The van der Waals surface area contributed by atoms with Crippen LogP contribution in [-0.4, -0.2) is 24.7 Å². The molecule has 0 radical (unpaired) electrons. The second kappa shape index (κ2) is 6.87. The maximum atomic E-state index is 5.74. The Labute approximate surface area is 120 Å². The van der Waals surface area contributed by atoms with Gasteiger partial charge >= 0.3 is 0 Å². The molecule has 2 rings (SSSR count). The molecule has 1 aromatic carbocycles. The van der Waals surface area contributed by atoms with Crippen molar-refractivity contribution in [3.05, 3.63) is 29.3 Å². The van der Waals surface area contributed by atoms with Crippen LogP contribution in [0.2, 0.25) is 0 Å². The summed E-state index contributed by atoms with van der Waals surface area (Å²) in [5.74, 6) is 0.838. The lowest BCUT2D eigenvalue weighted by molar-refractivity contribution is 0.124. The van der Waals surface area contributed by atoms with Gasteiger partial charge in [-0.3, -0.25) is 0 Å². The van der Waals surface area contributed by atoms with E-state index in [0.717, 1.165) is 43.3 Å². The Bertz CT molecular complexity index is 444. The molecule has 104 valence electrons. The van der Waals surface area contributed by atoms with E-state index < -0.39 is 0 Å². The second-order valence-corrected chi connectivity index (χ2v) is 5.60. The summed E-state index contributed by atoms with van der Waals surface area (Å²) in [5.41, 5.74) is 8.89. The second-order valence-electron chi connectivity index (χ2n) is 5.16. The van der Waals surface area contributed by atoms with Crippen molar-refractivity contribution in [2.75, 3.05) is 25.1 Å². The molecule has 1 fully saturated rings. The highest BCUT2D eigenvalue weighted by molar-refractivity contribution is 7.80. The Morgan fingerprint density at radius 1 is 1.47 bits per heavy atom. The number of benzene rings is 1. The molecule has 1 aromatic rings. The molecule has 0 atom stereocenters. The predicted molar refractivity (Wildman–Crippen MR) is 83.7 cm³/mol. The van der Waals surface area contributed by atoms with Gasteiger partial charge in [0.1, 0.15) is 4.99 Å². The van der Waals surface area contributed by atoms with Crippen LogP contribution in [0.4, 0.5) is 5.69 Å². The Hall–Kier alpha value is -1.13. The zero-order chi connectivity index (χ0) is 13.7. The first kappa shape index (κ1) is 14.3. The Morgan fingerprint density at radius 2 is 2.26 bits per heavy atom. The van der Waals surface area contributed by atoms with Crippen molar-refractivity contribution in [1.82, 2.24) is 0 Å². The molecule has 0 heterocycles. The van der Waals surface area contributed by atoms with Crippen LogP contribution in [0, 0.1) is 12.8 Å². The van der Waals surface area contributed by atoms with Gasteiger partial charge in [-0.15, -0.1) is 0 Å². The molecule has 19 heavy (non-hydrogen) atoms. The quantitative estimate of drug-likeness (QED) is 0.567. The molecule has 0 spiro atoms. The van der Waals surface area contributed by atoms with Gasteiger partial charge in [0.2, 0.25) is 0 Å². The van der Waals surface area contributed by atoms with Crippen molar-refractivity contribution in [3.8, 4) is 0 Å².